The number of nitrogens with zero attached hydrogens (tertiary/aromatic N) is 12. The van der Waals surface area contributed by atoms with E-state index in [4.69, 9.17) is 28.4 Å². The number of amides is 3. The van der Waals surface area contributed by atoms with Crippen LogP contribution in [0.5, 0.6) is 34.5 Å². The molecular formula is C60H80N12O15S6. The molecule has 0 bridgehead atoms. The number of nitro groups is 3. The predicted octanol–water partition coefficient (Wildman–Crippen LogP) is 11.4. The van der Waals surface area contributed by atoms with Crippen molar-refractivity contribution in [3.8, 4) is 34.5 Å². The number of thioether (sulfide) groups is 6. The lowest BCUT2D eigenvalue weighted by Gasteiger charge is -2.31. The Hall–Kier alpha value is -6.55. The van der Waals surface area contributed by atoms with E-state index >= 15 is 0 Å². The molecule has 33 heteroatoms. The first-order valence-corrected chi connectivity index (χ1v) is 37.1. The van der Waals surface area contributed by atoms with E-state index in [9.17, 15) is 44.7 Å². The maximum atomic E-state index is 14.9. The molecule has 506 valence electrons. The van der Waals surface area contributed by atoms with Crippen molar-refractivity contribution in [2.45, 2.75) is 138 Å². The molecule has 3 saturated heterocycles. The van der Waals surface area contributed by atoms with Gasteiger partial charge in [-0.15, -0.1) is 80.8 Å². The summed E-state index contributed by atoms with van der Waals surface area (Å²) in [6, 6.07) is 6.69. The van der Waals surface area contributed by atoms with Crippen LogP contribution in [0.2, 0.25) is 0 Å². The summed E-state index contributed by atoms with van der Waals surface area (Å²) in [5.41, 5.74) is -0.905. The van der Waals surface area contributed by atoms with E-state index in [2.05, 4.69) is 48.3 Å². The molecule has 4 atom stereocenters. The zero-order chi connectivity index (χ0) is 66.9. The summed E-state index contributed by atoms with van der Waals surface area (Å²) in [6.07, 6.45) is 7.30. The van der Waals surface area contributed by atoms with E-state index < -0.39 is 61.6 Å². The van der Waals surface area contributed by atoms with Crippen LogP contribution < -0.4 is 28.4 Å². The Kier molecular flexibility index (Phi) is 27.0. The zero-order valence-corrected chi connectivity index (χ0v) is 58.4. The quantitative estimate of drug-likeness (QED) is 0.0156. The van der Waals surface area contributed by atoms with Gasteiger partial charge < -0.3 is 43.1 Å². The van der Waals surface area contributed by atoms with E-state index in [0.29, 0.717) is 43.9 Å². The maximum Gasteiger partial charge on any atom is 0.286 e. The number of ether oxygens (including phenoxy) is 6. The van der Waals surface area contributed by atoms with Gasteiger partial charge in [0.15, 0.2) is 34.5 Å². The van der Waals surface area contributed by atoms with Crippen molar-refractivity contribution >= 4 is 105 Å². The van der Waals surface area contributed by atoms with Crippen LogP contribution >= 0.6 is 70.6 Å². The fraction of sp³-hybridized carbons (Fsp3) is 0.583. The Balaban J connectivity index is 0.915. The molecule has 3 aliphatic rings. The van der Waals surface area contributed by atoms with E-state index in [-0.39, 0.29) is 103 Å². The first-order valence-electron chi connectivity index (χ1n) is 30.9. The standard InChI is InChI=1S/C60H80N12O15S6/c1-10-88-58(89-11-2)43-19-16-22-66(43)55(73)40-26-50(83-8)53(30-46(40)71(78)79)86-35-37-32-65(63-61-37)21-18-24-85-52-29-45(70(76)77)42(28-49(52)82-7)57(75)68-34-39(25-48(68)60(92-14-5)93-15-6)69-33-38(62-64-69)36-87-54-31-47(72(80)81)41(27-51(54)84-9)56(74)67-23-17-20-44(67)59(90-12-3)91-13-4/h26-33,39,43-44,48,58-60H,10-25,34-36H2,1-9H3/t39-,43-,44-,48-/m0/s1. The van der Waals surface area contributed by atoms with E-state index in [1.807, 2.05) is 13.8 Å². The van der Waals surface area contributed by atoms with Crippen LogP contribution in [-0.4, -0.2) is 191 Å². The Morgan fingerprint density at radius 1 is 0.527 bits per heavy atom. The highest BCUT2D eigenvalue weighted by Gasteiger charge is 2.45. The minimum absolute atomic E-state index is 0.0318. The van der Waals surface area contributed by atoms with Crippen molar-refractivity contribution in [3.63, 3.8) is 0 Å². The van der Waals surface area contributed by atoms with Gasteiger partial charge in [-0.3, -0.25) is 49.4 Å². The molecule has 0 aliphatic carbocycles. The molecule has 3 aliphatic heterocycles. The van der Waals surface area contributed by atoms with Gasteiger partial charge in [-0.2, -0.15) is 0 Å². The number of likely N-dealkylation sites (tertiary alicyclic amines) is 3. The monoisotopic (exact) mass is 1400 g/mol. The van der Waals surface area contributed by atoms with Gasteiger partial charge in [0.1, 0.15) is 41.3 Å². The second-order valence-electron chi connectivity index (χ2n) is 21.4. The molecule has 5 aromatic rings. The lowest BCUT2D eigenvalue weighted by atomic mass is 10.1. The number of hydrogen-bond acceptors (Lipinski definition) is 25. The van der Waals surface area contributed by atoms with E-state index in [1.54, 1.807) is 107 Å². The number of rotatable bonds is 36. The van der Waals surface area contributed by atoms with Crippen molar-refractivity contribution in [2.24, 2.45) is 0 Å². The lowest BCUT2D eigenvalue weighted by molar-refractivity contribution is -0.385. The summed E-state index contributed by atoms with van der Waals surface area (Å²) in [7, 11) is 4.16. The van der Waals surface area contributed by atoms with Gasteiger partial charge in [-0.25, -0.2) is 4.68 Å². The number of hydrogen-bond donors (Lipinski definition) is 0. The van der Waals surface area contributed by atoms with Gasteiger partial charge >= 0.3 is 0 Å². The van der Waals surface area contributed by atoms with Crippen LogP contribution in [0.15, 0.2) is 48.8 Å². The smallest absolute Gasteiger partial charge is 0.286 e. The molecule has 3 aromatic carbocycles. The van der Waals surface area contributed by atoms with Crippen LogP contribution in [0.25, 0.3) is 0 Å². The third kappa shape index (κ3) is 17.5. The predicted molar refractivity (Wildman–Crippen MR) is 365 cm³/mol. The Morgan fingerprint density at radius 2 is 0.914 bits per heavy atom. The number of nitro benzene ring substituents is 3. The number of carbonyl (C=O) groups excluding carboxylic acids is 3. The number of aromatic nitrogens is 6. The molecule has 27 nitrogen and oxygen atoms in total. The molecule has 93 heavy (non-hydrogen) atoms. The fourth-order valence-electron chi connectivity index (χ4n) is 11.7. The third-order valence-electron chi connectivity index (χ3n) is 15.8. The molecule has 0 radical (unpaired) electrons. The summed E-state index contributed by atoms with van der Waals surface area (Å²) in [4.78, 5) is 84.4. The summed E-state index contributed by atoms with van der Waals surface area (Å²) in [5, 5.41) is 55.1. The molecule has 2 aromatic heterocycles. The Bertz CT molecular complexity index is 3400. The van der Waals surface area contributed by atoms with Gasteiger partial charge in [-0.05, 0) is 66.6 Å². The van der Waals surface area contributed by atoms with Gasteiger partial charge in [0, 0.05) is 50.8 Å². The van der Waals surface area contributed by atoms with Crippen molar-refractivity contribution in [1.82, 2.24) is 44.7 Å². The topological polar surface area (TPSA) is 307 Å². The SMILES string of the molecule is CCSC(SCC)[C@@H]1CCCN1C(=O)c1cc(OC)c(OCc2cn(CCCOc3cc([N+](=O)[O-])c(C(=O)N4C[C@@H](n5cc(COc6cc([N+](=O)[O-])c(C(=O)N7CCC[C@H]7C(SCC)SCC)cc6OC)nn5)C[C@H]4C(SCC)SCC)cc3OC)nn2)cc1[N+](=O)[O-]. The molecule has 0 saturated carbocycles. The highest BCUT2D eigenvalue weighted by Crippen LogP contribution is 2.45. The van der Waals surface area contributed by atoms with Crippen molar-refractivity contribution < 1.29 is 57.6 Å². The highest BCUT2D eigenvalue weighted by molar-refractivity contribution is 8.17. The van der Waals surface area contributed by atoms with E-state index in [1.165, 1.54) is 57.7 Å². The van der Waals surface area contributed by atoms with Crippen LogP contribution in [0.4, 0.5) is 17.1 Å². The van der Waals surface area contributed by atoms with Crippen molar-refractivity contribution in [3.05, 3.63) is 107 Å². The van der Waals surface area contributed by atoms with Crippen molar-refractivity contribution in [1.29, 1.82) is 0 Å². The number of aryl methyl sites for hydroxylation is 1. The average molecular weight is 1400 g/mol. The molecule has 0 N–H and O–H groups in total. The summed E-state index contributed by atoms with van der Waals surface area (Å²) in [6.45, 7) is 13.5. The van der Waals surface area contributed by atoms with Crippen LogP contribution in [-0.2, 0) is 19.8 Å². The van der Waals surface area contributed by atoms with Gasteiger partial charge in [0.2, 0.25) is 0 Å². The maximum absolute atomic E-state index is 14.9. The average Bonchev–Trinajstić information content (AvgIpc) is 1.77. The molecule has 3 amide bonds. The second-order valence-corrected chi connectivity index (χ2v) is 30.8. The molecule has 5 heterocycles. The van der Waals surface area contributed by atoms with Gasteiger partial charge in [0.05, 0.1) is 111 Å². The van der Waals surface area contributed by atoms with Crippen LogP contribution in [0.1, 0.15) is 129 Å². The molecular weight excluding hydrogens is 1320 g/mol. The minimum Gasteiger partial charge on any atom is -0.493 e. The highest BCUT2D eigenvalue weighted by atomic mass is 32.2. The van der Waals surface area contributed by atoms with Crippen molar-refractivity contribution in [2.75, 3.05) is 82.1 Å². The summed E-state index contributed by atoms with van der Waals surface area (Å²) >= 11 is 10.4. The Morgan fingerprint density at radius 3 is 1.32 bits per heavy atom. The molecule has 0 unspecified atom stereocenters. The normalized spacial score (nSPS) is 17.2. The number of methoxy groups -OCH3 is 3. The second kappa shape index (κ2) is 34.7. The zero-order valence-electron chi connectivity index (χ0n) is 53.5. The fourth-order valence-corrected chi connectivity index (χ4v) is 20.2. The first-order chi connectivity index (χ1) is 44.9. The first kappa shape index (κ1) is 72.3. The number of carbonyl (C=O) groups is 3. The van der Waals surface area contributed by atoms with Gasteiger partial charge in [0.25, 0.3) is 34.8 Å². The third-order valence-corrected chi connectivity index (χ3v) is 24.1. The molecule has 3 fully saturated rings. The largest absolute Gasteiger partial charge is 0.493 e. The van der Waals surface area contributed by atoms with Crippen LogP contribution in [0.3, 0.4) is 0 Å². The summed E-state index contributed by atoms with van der Waals surface area (Å²) < 4.78 is 38.5. The van der Waals surface area contributed by atoms with Gasteiger partial charge in [-0.1, -0.05) is 52.0 Å². The Labute approximate surface area is 565 Å². The molecule has 0 spiro atoms. The van der Waals surface area contributed by atoms with Crippen LogP contribution in [0, 0.1) is 30.3 Å². The summed E-state index contributed by atoms with van der Waals surface area (Å²) in [5.74, 6) is 4.04. The molecule has 8 rings (SSSR count). The lowest BCUT2D eigenvalue weighted by Crippen LogP contribution is -2.41. The number of benzene rings is 3. The van der Waals surface area contributed by atoms with E-state index in [0.717, 1.165) is 60.2 Å². The minimum atomic E-state index is -0.627.